The molecule has 5 heteroatoms. The summed E-state index contributed by atoms with van der Waals surface area (Å²) in [6.45, 7) is 6.70. The third kappa shape index (κ3) is 4.52. The predicted molar refractivity (Wildman–Crippen MR) is 65.8 cm³/mol. The Balaban J connectivity index is 2.55. The number of carbonyl (C=O) groups excluding carboxylic acids is 1. The van der Waals surface area contributed by atoms with E-state index in [1.165, 1.54) is 7.11 Å². The molecular formula is C12H24N2O3. The van der Waals surface area contributed by atoms with Gasteiger partial charge in [-0.15, -0.1) is 0 Å². The van der Waals surface area contributed by atoms with E-state index < -0.39 is 6.09 Å². The maximum atomic E-state index is 11.2. The Bertz CT molecular complexity index is 246. The van der Waals surface area contributed by atoms with Crippen molar-refractivity contribution in [3.05, 3.63) is 0 Å². The first kappa shape index (κ1) is 14.3. The largest absolute Gasteiger partial charge is 0.453 e. The molecule has 0 bridgehead atoms. The molecule has 3 unspecified atom stereocenters. The molecule has 0 aliphatic carbocycles. The highest BCUT2D eigenvalue weighted by molar-refractivity contribution is 5.67. The van der Waals surface area contributed by atoms with Gasteiger partial charge in [0, 0.05) is 19.1 Å². The Hall–Kier alpha value is -0.810. The normalized spacial score (nSPS) is 27.5. The van der Waals surface area contributed by atoms with E-state index in [1.54, 1.807) is 0 Å². The minimum Gasteiger partial charge on any atom is -0.453 e. The molecule has 0 saturated carbocycles. The van der Waals surface area contributed by atoms with Crippen LogP contribution in [0.1, 0.15) is 26.7 Å². The third-order valence-electron chi connectivity index (χ3n) is 3.29. The van der Waals surface area contributed by atoms with Gasteiger partial charge in [0.15, 0.2) is 0 Å². The van der Waals surface area contributed by atoms with Crippen molar-refractivity contribution in [1.82, 2.24) is 10.2 Å². The first-order valence-electron chi connectivity index (χ1n) is 6.31. The Labute approximate surface area is 103 Å². The number of aliphatic hydroxyl groups is 1. The van der Waals surface area contributed by atoms with Gasteiger partial charge in [-0.05, 0) is 32.2 Å². The van der Waals surface area contributed by atoms with Crippen molar-refractivity contribution in [1.29, 1.82) is 0 Å². The SMILES string of the molecule is CCCN1CC(NC(=O)OC)CC(C(C)O)C1. The smallest absolute Gasteiger partial charge is 0.407 e. The van der Waals surface area contributed by atoms with Crippen LogP contribution in [-0.2, 0) is 4.74 Å². The van der Waals surface area contributed by atoms with E-state index in [1.807, 2.05) is 6.92 Å². The molecule has 1 heterocycles. The maximum absolute atomic E-state index is 11.2. The summed E-state index contributed by atoms with van der Waals surface area (Å²) in [5.74, 6) is 0.220. The number of hydrogen-bond donors (Lipinski definition) is 2. The molecule has 17 heavy (non-hydrogen) atoms. The standard InChI is InChI=1S/C12H24N2O3/c1-4-5-14-7-10(9(2)15)6-11(8-14)13-12(16)17-3/h9-11,15H,4-8H2,1-3H3,(H,13,16). The number of rotatable bonds is 4. The molecule has 1 aliphatic rings. The van der Waals surface area contributed by atoms with E-state index in [2.05, 4.69) is 21.9 Å². The van der Waals surface area contributed by atoms with Crippen LogP contribution >= 0.6 is 0 Å². The second kappa shape index (κ2) is 6.81. The molecule has 0 aromatic carbocycles. The van der Waals surface area contributed by atoms with Crippen LogP contribution < -0.4 is 5.32 Å². The van der Waals surface area contributed by atoms with E-state index in [4.69, 9.17) is 0 Å². The molecule has 5 nitrogen and oxygen atoms in total. The van der Waals surface area contributed by atoms with Gasteiger partial charge in [-0.2, -0.15) is 0 Å². The summed E-state index contributed by atoms with van der Waals surface area (Å²) in [6.07, 6.45) is 1.17. The fourth-order valence-corrected chi connectivity index (χ4v) is 2.41. The average molecular weight is 244 g/mol. The van der Waals surface area contributed by atoms with Crippen LogP contribution in [0.25, 0.3) is 0 Å². The highest BCUT2D eigenvalue weighted by atomic mass is 16.5. The summed E-state index contributed by atoms with van der Waals surface area (Å²) in [5, 5.41) is 12.5. The summed E-state index contributed by atoms with van der Waals surface area (Å²) < 4.78 is 4.61. The number of nitrogens with zero attached hydrogens (tertiary/aromatic N) is 1. The predicted octanol–water partition coefficient (Wildman–Crippen LogP) is 0.824. The van der Waals surface area contributed by atoms with Gasteiger partial charge < -0.3 is 20.1 Å². The van der Waals surface area contributed by atoms with Gasteiger partial charge in [0.1, 0.15) is 0 Å². The number of nitrogens with one attached hydrogen (secondary N) is 1. The summed E-state index contributed by atoms with van der Waals surface area (Å²) in [4.78, 5) is 13.5. The highest BCUT2D eigenvalue weighted by Gasteiger charge is 2.30. The minimum absolute atomic E-state index is 0.0716. The van der Waals surface area contributed by atoms with Crippen LogP contribution in [0, 0.1) is 5.92 Å². The van der Waals surface area contributed by atoms with Gasteiger partial charge in [0.25, 0.3) is 0 Å². The zero-order valence-electron chi connectivity index (χ0n) is 11.0. The van der Waals surface area contributed by atoms with Crippen LogP contribution in [0.4, 0.5) is 4.79 Å². The second-order valence-corrected chi connectivity index (χ2v) is 4.83. The van der Waals surface area contributed by atoms with Crippen LogP contribution in [0.5, 0.6) is 0 Å². The number of piperidine rings is 1. The van der Waals surface area contributed by atoms with Gasteiger partial charge in [0.05, 0.1) is 13.2 Å². The Kier molecular flexibility index (Phi) is 5.71. The van der Waals surface area contributed by atoms with Gasteiger partial charge in [-0.25, -0.2) is 4.79 Å². The fourth-order valence-electron chi connectivity index (χ4n) is 2.41. The summed E-state index contributed by atoms with van der Waals surface area (Å²) >= 11 is 0. The fraction of sp³-hybridized carbons (Fsp3) is 0.917. The molecule has 0 spiro atoms. The summed E-state index contributed by atoms with van der Waals surface area (Å²) in [5.41, 5.74) is 0. The number of alkyl carbamates (subject to hydrolysis) is 1. The van der Waals surface area contributed by atoms with E-state index in [0.717, 1.165) is 32.5 Å². The topological polar surface area (TPSA) is 61.8 Å². The van der Waals surface area contributed by atoms with Crippen LogP contribution in [-0.4, -0.2) is 55.0 Å². The number of hydrogen-bond acceptors (Lipinski definition) is 4. The number of likely N-dealkylation sites (tertiary alicyclic amines) is 1. The minimum atomic E-state index is -0.391. The average Bonchev–Trinajstić information content (AvgIpc) is 2.29. The highest BCUT2D eigenvalue weighted by Crippen LogP contribution is 2.20. The van der Waals surface area contributed by atoms with Gasteiger partial charge in [-0.1, -0.05) is 6.92 Å². The molecule has 1 saturated heterocycles. The number of carbonyl (C=O) groups is 1. The maximum Gasteiger partial charge on any atom is 0.407 e. The lowest BCUT2D eigenvalue weighted by molar-refractivity contribution is 0.0472. The lowest BCUT2D eigenvalue weighted by Crippen LogP contribution is -2.52. The first-order chi connectivity index (χ1) is 8.06. The first-order valence-corrected chi connectivity index (χ1v) is 6.31. The van der Waals surface area contributed by atoms with Crippen LogP contribution in [0.2, 0.25) is 0 Å². The Morgan fingerprint density at radius 3 is 2.82 bits per heavy atom. The van der Waals surface area contributed by atoms with Crippen molar-refractivity contribution in [2.24, 2.45) is 5.92 Å². The molecule has 1 rings (SSSR count). The molecule has 0 aromatic rings. The van der Waals surface area contributed by atoms with E-state index >= 15 is 0 Å². The van der Waals surface area contributed by atoms with Crippen molar-refractivity contribution >= 4 is 6.09 Å². The molecule has 100 valence electrons. The number of amides is 1. The van der Waals surface area contributed by atoms with Crippen molar-refractivity contribution < 1.29 is 14.6 Å². The quantitative estimate of drug-likeness (QED) is 0.768. The van der Waals surface area contributed by atoms with Gasteiger partial charge in [0.2, 0.25) is 0 Å². The van der Waals surface area contributed by atoms with Crippen molar-refractivity contribution in [2.45, 2.75) is 38.8 Å². The molecule has 1 fully saturated rings. The zero-order valence-corrected chi connectivity index (χ0v) is 11.0. The third-order valence-corrected chi connectivity index (χ3v) is 3.29. The van der Waals surface area contributed by atoms with Gasteiger partial charge in [-0.3, -0.25) is 0 Å². The number of ether oxygens (including phenoxy) is 1. The molecule has 0 radical (unpaired) electrons. The van der Waals surface area contributed by atoms with Crippen LogP contribution in [0.3, 0.4) is 0 Å². The molecule has 0 aromatic heterocycles. The van der Waals surface area contributed by atoms with E-state index in [-0.39, 0.29) is 18.1 Å². The van der Waals surface area contributed by atoms with Crippen LogP contribution in [0.15, 0.2) is 0 Å². The second-order valence-electron chi connectivity index (χ2n) is 4.83. The summed E-state index contributed by atoms with van der Waals surface area (Å²) in [7, 11) is 1.37. The molecule has 3 atom stereocenters. The zero-order chi connectivity index (χ0) is 12.8. The lowest BCUT2D eigenvalue weighted by Gasteiger charge is -2.38. The van der Waals surface area contributed by atoms with Crippen molar-refractivity contribution in [3.8, 4) is 0 Å². The lowest BCUT2D eigenvalue weighted by atomic mass is 9.90. The van der Waals surface area contributed by atoms with Crippen molar-refractivity contribution in [3.63, 3.8) is 0 Å². The van der Waals surface area contributed by atoms with E-state index in [0.29, 0.717) is 0 Å². The Morgan fingerprint density at radius 2 is 2.29 bits per heavy atom. The summed E-state index contributed by atoms with van der Waals surface area (Å²) in [6, 6.07) is 0.0716. The molecule has 2 N–H and O–H groups in total. The number of methoxy groups -OCH3 is 1. The van der Waals surface area contributed by atoms with E-state index in [9.17, 15) is 9.90 Å². The Morgan fingerprint density at radius 1 is 1.59 bits per heavy atom. The monoisotopic (exact) mass is 244 g/mol. The molecular weight excluding hydrogens is 220 g/mol. The number of aliphatic hydroxyl groups excluding tert-OH is 1. The molecule has 1 amide bonds. The van der Waals surface area contributed by atoms with Crippen molar-refractivity contribution in [2.75, 3.05) is 26.7 Å². The van der Waals surface area contributed by atoms with Gasteiger partial charge >= 0.3 is 6.09 Å². The molecule has 1 aliphatic heterocycles.